The fourth-order valence-corrected chi connectivity index (χ4v) is 2.23. The van der Waals surface area contributed by atoms with E-state index in [9.17, 15) is 4.79 Å². The number of hydrogen-bond acceptors (Lipinski definition) is 4. The number of methoxy groups -OCH3 is 1. The van der Waals surface area contributed by atoms with Gasteiger partial charge in [-0.3, -0.25) is 0 Å². The van der Waals surface area contributed by atoms with Gasteiger partial charge >= 0.3 is 5.97 Å². The van der Waals surface area contributed by atoms with Crippen LogP contribution in [0.4, 0.5) is 0 Å². The van der Waals surface area contributed by atoms with Crippen molar-refractivity contribution in [1.29, 1.82) is 0 Å². The average Bonchev–Trinajstić information content (AvgIpc) is 2.55. The van der Waals surface area contributed by atoms with E-state index in [0.717, 1.165) is 16.7 Å². The van der Waals surface area contributed by atoms with Gasteiger partial charge in [0, 0.05) is 7.11 Å². The van der Waals surface area contributed by atoms with Crippen molar-refractivity contribution in [2.75, 3.05) is 20.3 Å². The number of rotatable bonds is 6. The Morgan fingerprint density at radius 3 is 2.39 bits per heavy atom. The molecule has 0 radical (unpaired) electrons. The second-order valence-electron chi connectivity index (χ2n) is 5.38. The summed E-state index contributed by atoms with van der Waals surface area (Å²) in [6, 6.07) is 11.0. The summed E-state index contributed by atoms with van der Waals surface area (Å²) in [6.45, 7) is 6.71. The zero-order valence-corrected chi connectivity index (χ0v) is 14.0. The lowest BCUT2D eigenvalue weighted by molar-refractivity contribution is 0.0725. The molecule has 0 atom stereocenters. The van der Waals surface area contributed by atoms with Crippen LogP contribution in [0.3, 0.4) is 0 Å². The van der Waals surface area contributed by atoms with E-state index >= 15 is 0 Å². The molecular weight excluding hydrogens is 292 g/mol. The van der Waals surface area contributed by atoms with Gasteiger partial charge < -0.3 is 14.2 Å². The topological polar surface area (TPSA) is 44.8 Å². The van der Waals surface area contributed by atoms with Crippen LogP contribution in [0, 0.1) is 20.8 Å². The quantitative estimate of drug-likeness (QED) is 0.461. The van der Waals surface area contributed by atoms with E-state index in [1.807, 2.05) is 39.0 Å². The van der Waals surface area contributed by atoms with Crippen LogP contribution in [0.15, 0.2) is 36.4 Å². The molecule has 0 amide bonds. The average molecular weight is 314 g/mol. The number of para-hydroxylation sites is 1. The first kappa shape index (κ1) is 17.0. The lowest BCUT2D eigenvalue weighted by Gasteiger charge is -2.14. The fraction of sp³-hybridized carbons (Fsp3) is 0.316. The standard InChI is InChI=1S/C19H22O4/c1-13-9-10-14(2)18(15(13)3)23-19(20)16-7-5-6-8-17(16)22-12-11-21-4/h5-10H,11-12H2,1-4H3. The molecule has 23 heavy (non-hydrogen) atoms. The van der Waals surface area contributed by atoms with Gasteiger partial charge in [-0.05, 0) is 49.6 Å². The SMILES string of the molecule is COCCOc1ccccc1C(=O)Oc1c(C)ccc(C)c1C. The van der Waals surface area contributed by atoms with Crippen molar-refractivity contribution < 1.29 is 19.0 Å². The molecule has 0 saturated carbocycles. The predicted octanol–water partition coefficient (Wildman–Crippen LogP) is 3.86. The summed E-state index contributed by atoms with van der Waals surface area (Å²) in [5, 5.41) is 0. The highest BCUT2D eigenvalue weighted by Gasteiger charge is 2.17. The molecule has 0 spiro atoms. The molecule has 0 saturated heterocycles. The van der Waals surface area contributed by atoms with Gasteiger partial charge in [-0.15, -0.1) is 0 Å². The van der Waals surface area contributed by atoms with Crippen LogP contribution in [0.2, 0.25) is 0 Å². The molecule has 0 heterocycles. The lowest BCUT2D eigenvalue weighted by atomic mass is 10.1. The van der Waals surface area contributed by atoms with E-state index in [4.69, 9.17) is 14.2 Å². The molecule has 0 aromatic heterocycles. The molecule has 0 aliphatic carbocycles. The summed E-state index contributed by atoms with van der Waals surface area (Å²) in [4.78, 5) is 12.5. The molecule has 0 bridgehead atoms. The van der Waals surface area contributed by atoms with Crippen molar-refractivity contribution in [2.45, 2.75) is 20.8 Å². The summed E-state index contributed by atoms with van der Waals surface area (Å²) in [5.74, 6) is 0.689. The Bertz CT molecular complexity index is 692. The number of esters is 1. The minimum atomic E-state index is -0.421. The van der Waals surface area contributed by atoms with Crippen LogP contribution in [-0.4, -0.2) is 26.3 Å². The zero-order chi connectivity index (χ0) is 16.8. The first-order valence-corrected chi connectivity index (χ1v) is 7.54. The Morgan fingerprint density at radius 2 is 1.65 bits per heavy atom. The van der Waals surface area contributed by atoms with Gasteiger partial charge in [0.15, 0.2) is 0 Å². The highest BCUT2D eigenvalue weighted by Crippen LogP contribution is 2.28. The van der Waals surface area contributed by atoms with E-state index < -0.39 is 5.97 Å². The van der Waals surface area contributed by atoms with Crippen LogP contribution in [-0.2, 0) is 4.74 Å². The van der Waals surface area contributed by atoms with E-state index in [-0.39, 0.29) is 0 Å². The summed E-state index contributed by atoms with van der Waals surface area (Å²) in [6.07, 6.45) is 0. The molecule has 0 fully saturated rings. The van der Waals surface area contributed by atoms with Crippen molar-refractivity contribution in [1.82, 2.24) is 0 Å². The van der Waals surface area contributed by atoms with E-state index in [2.05, 4.69) is 0 Å². The molecule has 122 valence electrons. The van der Waals surface area contributed by atoms with E-state index in [1.165, 1.54) is 0 Å². The molecule has 0 N–H and O–H groups in total. The van der Waals surface area contributed by atoms with Crippen LogP contribution >= 0.6 is 0 Å². The molecule has 0 aliphatic rings. The molecular formula is C19H22O4. The summed E-state index contributed by atoms with van der Waals surface area (Å²) >= 11 is 0. The number of carbonyl (C=O) groups excluding carboxylic acids is 1. The van der Waals surface area contributed by atoms with Crippen molar-refractivity contribution in [2.24, 2.45) is 0 Å². The van der Waals surface area contributed by atoms with Crippen molar-refractivity contribution >= 4 is 5.97 Å². The Morgan fingerprint density at radius 1 is 0.957 bits per heavy atom. The molecule has 2 rings (SSSR count). The first-order chi connectivity index (χ1) is 11.0. The van der Waals surface area contributed by atoms with Crippen molar-refractivity contribution in [3.8, 4) is 11.5 Å². The van der Waals surface area contributed by atoms with Crippen LogP contribution in [0.25, 0.3) is 0 Å². The minimum absolute atomic E-state index is 0.378. The van der Waals surface area contributed by atoms with Gasteiger partial charge in [0.05, 0.1) is 6.61 Å². The molecule has 4 nitrogen and oxygen atoms in total. The Balaban J connectivity index is 2.23. The van der Waals surface area contributed by atoms with E-state index in [0.29, 0.717) is 30.3 Å². The number of hydrogen-bond donors (Lipinski definition) is 0. The lowest BCUT2D eigenvalue weighted by Crippen LogP contribution is -2.14. The fourth-order valence-electron chi connectivity index (χ4n) is 2.23. The monoisotopic (exact) mass is 314 g/mol. The van der Waals surface area contributed by atoms with Crippen LogP contribution in [0.5, 0.6) is 11.5 Å². The van der Waals surface area contributed by atoms with Gasteiger partial charge in [0.1, 0.15) is 23.7 Å². The highest BCUT2D eigenvalue weighted by molar-refractivity contribution is 5.94. The highest BCUT2D eigenvalue weighted by atomic mass is 16.5. The van der Waals surface area contributed by atoms with Crippen LogP contribution < -0.4 is 9.47 Å². The molecule has 2 aromatic rings. The Kier molecular flexibility index (Phi) is 5.77. The number of carbonyl (C=O) groups is 1. The molecule has 2 aromatic carbocycles. The Labute approximate surface area is 137 Å². The van der Waals surface area contributed by atoms with Crippen LogP contribution in [0.1, 0.15) is 27.0 Å². The predicted molar refractivity (Wildman–Crippen MR) is 89.4 cm³/mol. The van der Waals surface area contributed by atoms with Crippen molar-refractivity contribution in [3.63, 3.8) is 0 Å². The number of benzene rings is 2. The van der Waals surface area contributed by atoms with Gasteiger partial charge in [-0.25, -0.2) is 4.79 Å². The smallest absolute Gasteiger partial charge is 0.347 e. The third kappa shape index (κ3) is 4.11. The second-order valence-corrected chi connectivity index (χ2v) is 5.38. The molecule has 0 aliphatic heterocycles. The normalized spacial score (nSPS) is 10.4. The van der Waals surface area contributed by atoms with Gasteiger partial charge in [0.25, 0.3) is 0 Å². The Hall–Kier alpha value is -2.33. The largest absolute Gasteiger partial charge is 0.490 e. The number of ether oxygens (including phenoxy) is 3. The third-order valence-electron chi connectivity index (χ3n) is 3.72. The van der Waals surface area contributed by atoms with Gasteiger partial charge in [-0.2, -0.15) is 0 Å². The second kappa shape index (κ2) is 7.79. The summed E-state index contributed by atoms with van der Waals surface area (Å²) in [7, 11) is 1.60. The zero-order valence-electron chi connectivity index (χ0n) is 14.0. The summed E-state index contributed by atoms with van der Waals surface area (Å²) < 4.78 is 16.2. The minimum Gasteiger partial charge on any atom is -0.490 e. The maximum absolute atomic E-state index is 12.5. The van der Waals surface area contributed by atoms with Crippen molar-refractivity contribution in [3.05, 3.63) is 58.7 Å². The maximum atomic E-state index is 12.5. The summed E-state index contributed by atoms with van der Waals surface area (Å²) in [5.41, 5.74) is 3.39. The number of aryl methyl sites for hydroxylation is 2. The third-order valence-corrected chi connectivity index (χ3v) is 3.72. The van der Waals surface area contributed by atoms with E-state index in [1.54, 1.807) is 25.3 Å². The van der Waals surface area contributed by atoms with Gasteiger partial charge in [0.2, 0.25) is 0 Å². The van der Waals surface area contributed by atoms with Gasteiger partial charge in [-0.1, -0.05) is 24.3 Å². The molecule has 4 heteroatoms. The molecule has 0 unspecified atom stereocenters. The maximum Gasteiger partial charge on any atom is 0.347 e. The first-order valence-electron chi connectivity index (χ1n) is 7.54.